The molecule has 2 heterocycles. The molecule has 5 heteroatoms. The van der Waals surface area contributed by atoms with Crippen LogP contribution in [0, 0.1) is 0 Å². The Morgan fingerprint density at radius 1 is 1.33 bits per heavy atom. The van der Waals surface area contributed by atoms with Crippen molar-refractivity contribution < 1.29 is 9.53 Å². The van der Waals surface area contributed by atoms with Crippen LogP contribution in [0.5, 0.6) is 5.75 Å². The lowest BCUT2D eigenvalue weighted by Crippen LogP contribution is -2.23. The Morgan fingerprint density at radius 3 is 3.00 bits per heavy atom. The van der Waals surface area contributed by atoms with Gasteiger partial charge in [-0.2, -0.15) is 5.10 Å². The van der Waals surface area contributed by atoms with Gasteiger partial charge in [0.2, 0.25) is 5.91 Å². The van der Waals surface area contributed by atoms with Gasteiger partial charge < -0.3 is 10.1 Å². The third-order valence-corrected chi connectivity index (χ3v) is 3.21. The summed E-state index contributed by atoms with van der Waals surface area (Å²) in [5.74, 6) is 1.46. The Kier molecular flexibility index (Phi) is 2.51. The fourth-order valence-corrected chi connectivity index (χ4v) is 2.38. The molecule has 0 radical (unpaired) electrons. The number of para-hydroxylation sites is 1. The zero-order valence-corrected chi connectivity index (χ0v) is 9.93. The Bertz CT molecular complexity index is 591. The molecular formula is C13H13N3O2. The molecule has 0 bridgehead atoms. The van der Waals surface area contributed by atoms with Gasteiger partial charge in [0.15, 0.2) is 0 Å². The molecule has 92 valence electrons. The van der Waals surface area contributed by atoms with Crippen molar-refractivity contribution in [3.05, 3.63) is 41.6 Å². The molecule has 0 saturated heterocycles. The van der Waals surface area contributed by atoms with Crippen LogP contribution in [0.3, 0.4) is 0 Å². The summed E-state index contributed by atoms with van der Waals surface area (Å²) in [5, 5.41) is 9.57. The lowest BCUT2D eigenvalue weighted by Gasteiger charge is -2.23. The van der Waals surface area contributed by atoms with Crippen LogP contribution in [0.1, 0.15) is 23.5 Å². The Morgan fingerprint density at radius 2 is 2.17 bits per heavy atom. The van der Waals surface area contributed by atoms with Crippen LogP contribution in [-0.4, -0.2) is 23.2 Å². The number of nitrogens with one attached hydrogen (secondary N) is 2. The van der Waals surface area contributed by atoms with Crippen molar-refractivity contribution in [2.24, 2.45) is 0 Å². The van der Waals surface area contributed by atoms with Gasteiger partial charge in [-0.3, -0.25) is 9.89 Å². The highest BCUT2D eigenvalue weighted by molar-refractivity contribution is 5.94. The number of benzene rings is 1. The molecule has 1 atom stereocenters. The number of amides is 1. The maximum absolute atomic E-state index is 11.7. The van der Waals surface area contributed by atoms with Gasteiger partial charge >= 0.3 is 0 Å². The minimum atomic E-state index is -0.0114. The molecule has 1 amide bonds. The fourth-order valence-electron chi connectivity index (χ4n) is 2.38. The molecule has 1 aliphatic heterocycles. The third-order valence-electron chi connectivity index (χ3n) is 3.21. The Labute approximate surface area is 104 Å². The molecule has 5 nitrogen and oxygen atoms in total. The van der Waals surface area contributed by atoms with Gasteiger partial charge in [0.05, 0.1) is 13.3 Å². The first kappa shape index (κ1) is 10.8. The summed E-state index contributed by atoms with van der Waals surface area (Å²) in [6, 6.07) is 7.76. The molecule has 18 heavy (non-hydrogen) atoms. The minimum absolute atomic E-state index is 0.0105. The number of aromatic amines is 1. The van der Waals surface area contributed by atoms with Gasteiger partial charge in [-0.05, 0) is 6.07 Å². The number of nitrogens with zero attached hydrogens (tertiary/aromatic N) is 1. The molecule has 0 saturated carbocycles. The number of H-pyrrole nitrogens is 1. The maximum atomic E-state index is 11.7. The standard InChI is InChI=1S/C13H13N3O2/c1-18-11-5-3-2-4-8(11)9-6-12(17)15-13-10(9)7-14-16-13/h2-5,7,9H,6H2,1H3,(H2,14,15,16,17)/t9-/m0/s1. The van der Waals surface area contributed by atoms with E-state index in [4.69, 9.17) is 4.74 Å². The topological polar surface area (TPSA) is 67.0 Å². The van der Waals surface area contributed by atoms with E-state index in [1.54, 1.807) is 13.3 Å². The van der Waals surface area contributed by atoms with Gasteiger partial charge in [-0.15, -0.1) is 0 Å². The highest BCUT2D eigenvalue weighted by Gasteiger charge is 2.29. The van der Waals surface area contributed by atoms with Gasteiger partial charge in [-0.1, -0.05) is 18.2 Å². The fraction of sp³-hybridized carbons (Fsp3) is 0.231. The minimum Gasteiger partial charge on any atom is -0.496 e. The van der Waals surface area contributed by atoms with E-state index in [0.717, 1.165) is 16.9 Å². The van der Waals surface area contributed by atoms with E-state index in [0.29, 0.717) is 12.2 Å². The van der Waals surface area contributed by atoms with Crippen molar-refractivity contribution in [3.63, 3.8) is 0 Å². The number of hydrogen-bond acceptors (Lipinski definition) is 3. The third kappa shape index (κ3) is 1.64. The molecule has 0 fully saturated rings. The van der Waals surface area contributed by atoms with E-state index in [9.17, 15) is 4.79 Å². The van der Waals surface area contributed by atoms with Gasteiger partial charge in [-0.25, -0.2) is 0 Å². The van der Waals surface area contributed by atoms with Crippen LogP contribution in [0.4, 0.5) is 5.82 Å². The van der Waals surface area contributed by atoms with Crippen molar-refractivity contribution in [1.29, 1.82) is 0 Å². The summed E-state index contributed by atoms with van der Waals surface area (Å²) in [7, 11) is 1.64. The lowest BCUT2D eigenvalue weighted by molar-refractivity contribution is -0.116. The second-order valence-corrected chi connectivity index (χ2v) is 4.25. The first-order chi connectivity index (χ1) is 8.79. The first-order valence-electron chi connectivity index (χ1n) is 5.75. The number of carbonyl (C=O) groups is 1. The van der Waals surface area contributed by atoms with Crippen LogP contribution in [0.25, 0.3) is 0 Å². The van der Waals surface area contributed by atoms with Crippen molar-refractivity contribution in [2.75, 3.05) is 12.4 Å². The SMILES string of the molecule is COc1ccccc1[C@@H]1CC(=O)Nc2[nH]ncc21. The van der Waals surface area contributed by atoms with Crippen molar-refractivity contribution in [1.82, 2.24) is 10.2 Å². The number of rotatable bonds is 2. The quantitative estimate of drug-likeness (QED) is 0.846. The highest BCUT2D eigenvalue weighted by Crippen LogP contribution is 2.39. The number of aromatic nitrogens is 2. The predicted molar refractivity (Wildman–Crippen MR) is 66.7 cm³/mol. The number of carbonyl (C=O) groups excluding carboxylic acids is 1. The van der Waals surface area contributed by atoms with E-state index in [2.05, 4.69) is 15.5 Å². The van der Waals surface area contributed by atoms with Crippen LogP contribution in [0.2, 0.25) is 0 Å². The monoisotopic (exact) mass is 243 g/mol. The van der Waals surface area contributed by atoms with Crippen LogP contribution in [0.15, 0.2) is 30.5 Å². The highest BCUT2D eigenvalue weighted by atomic mass is 16.5. The van der Waals surface area contributed by atoms with Crippen molar-refractivity contribution in [3.8, 4) is 5.75 Å². The van der Waals surface area contributed by atoms with E-state index in [1.807, 2.05) is 24.3 Å². The van der Waals surface area contributed by atoms with E-state index in [1.165, 1.54) is 0 Å². The second-order valence-electron chi connectivity index (χ2n) is 4.25. The molecule has 0 aliphatic carbocycles. The van der Waals surface area contributed by atoms with Crippen LogP contribution < -0.4 is 10.1 Å². The van der Waals surface area contributed by atoms with Crippen molar-refractivity contribution in [2.45, 2.75) is 12.3 Å². The molecule has 2 aromatic rings. The van der Waals surface area contributed by atoms with Crippen LogP contribution in [-0.2, 0) is 4.79 Å². The summed E-state index contributed by atoms with van der Waals surface area (Å²) in [6.07, 6.45) is 2.17. The smallest absolute Gasteiger partial charge is 0.226 e. The van der Waals surface area contributed by atoms with E-state index in [-0.39, 0.29) is 11.8 Å². The number of fused-ring (bicyclic) bond motifs is 1. The zero-order chi connectivity index (χ0) is 12.5. The first-order valence-corrected chi connectivity index (χ1v) is 5.75. The van der Waals surface area contributed by atoms with Gasteiger partial charge in [0, 0.05) is 23.5 Å². The Hall–Kier alpha value is -2.30. The van der Waals surface area contributed by atoms with E-state index < -0.39 is 0 Å². The number of ether oxygens (including phenoxy) is 1. The van der Waals surface area contributed by atoms with E-state index >= 15 is 0 Å². The summed E-state index contributed by atoms with van der Waals surface area (Å²) in [6.45, 7) is 0. The molecule has 0 spiro atoms. The van der Waals surface area contributed by atoms with Crippen molar-refractivity contribution >= 4 is 11.7 Å². The second kappa shape index (κ2) is 4.18. The number of hydrogen-bond donors (Lipinski definition) is 2. The molecule has 2 N–H and O–H groups in total. The molecular weight excluding hydrogens is 230 g/mol. The molecule has 3 rings (SSSR count). The predicted octanol–water partition coefficient (Wildman–Crippen LogP) is 1.89. The lowest BCUT2D eigenvalue weighted by atomic mass is 9.87. The maximum Gasteiger partial charge on any atom is 0.226 e. The Balaban J connectivity index is 2.10. The zero-order valence-electron chi connectivity index (χ0n) is 9.93. The summed E-state index contributed by atoms with van der Waals surface area (Å²) in [5.41, 5.74) is 2.01. The largest absolute Gasteiger partial charge is 0.496 e. The molecule has 0 unspecified atom stereocenters. The number of methoxy groups -OCH3 is 1. The molecule has 1 aromatic carbocycles. The van der Waals surface area contributed by atoms with Gasteiger partial charge in [0.1, 0.15) is 11.6 Å². The van der Waals surface area contributed by atoms with Gasteiger partial charge in [0.25, 0.3) is 0 Å². The summed E-state index contributed by atoms with van der Waals surface area (Å²) in [4.78, 5) is 11.7. The molecule has 1 aliphatic rings. The van der Waals surface area contributed by atoms with Crippen LogP contribution >= 0.6 is 0 Å². The normalized spacial score (nSPS) is 18.1. The average Bonchev–Trinajstić information content (AvgIpc) is 2.85. The summed E-state index contributed by atoms with van der Waals surface area (Å²) >= 11 is 0. The average molecular weight is 243 g/mol. The number of anilines is 1. The molecule has 1 aromatic heterocycles. The summed E-state index contributed by atoms with van der Waals surface area (Å²) < 4.78 is 5.36.